The van der Waals surface area contributed by atoms with Gasteiger partial charge in [-0.15, -0.1) is 0 Å². The number of phenols is 1. The summed E-state index contributed by atoms with van der Waals surface area (Å²) in [7, 11) is 0. The van der Waals surface area contributed by atoms with Crippen molar-refractivity contribution in [1.82, 2.24) is 0 Å². The van der Waals surface area contributed by atoms with Gasteiger partial charge in [-0.25, -0.2) is 0 Å². The molecule has 3 heteroatoms. The highest BCUT2D eigenvalue weighted by atomic mass is 79.9. The third-order valence-corrected chi connectivity index (χ3v) is 3.21. The van der Waals surface area contributed by atoms with E-state index in [1.54, 1.807) is 6.21 Å². The van der Waals surface area contributed by atoms with Crippen molar-refractivity contribution in [2.45, 2.75) is 13.8 Å². The number of hydrogen-bond acceptors (Lipinski definition) is 2. The average molecular weight is 304 g/mol. The third kappa shape index (κ3) is 2.79. The second-order valence-corrected chi connectivity index (χ2v) is 5.12. The normalized spacial score (nSPS) is 11.1. The van der Waals surface area contributed by atoms with Gasteiger partial charge in [0.2, 0.25) is 0 Å². The minimum absolute atomic E-state index is 0.274. The molecule has 2 aromatic carbocycles. The number of halogens is 1. The van der Waals surface area contributed by atoms with Gasteiger partial charge >= 0.3 is 0 Å². The first-order chi connectivity index (χ1) is 8.58. The van der Waals surface area contributed by atoms with Gasteiger partial charge < -0.3 is 5.11 Å². The fourth-order valence-electron chi connectivity index (χ4n) is 1.71. The van der Waals surface area contributed by atoms with Crippen LogP contribution in [0.3, 0.4) is 0 Å². The highest BCUT2D eigenvalue weighted by Gasteiger charge is 2.04. The molecule has 0 spiro atoms. The van der Waals surface area contributed by atoms with Crippen molar-refractivity contribution < 1.29 is 5.11 Å². The van der Waals surface area contributed by atoms with Crippen molar-refractivity contribution in [1.29, 1.82) is 0 Å². The van der Waals surface area contributed by atoms with Gasteiger partial charge in [0.25, 0.3) is 0 Å². The Balaban J connectivity index is 2.38. The highest BCUT2D eigenvalue weighted by molar-refractivity contribution is 9.10. The Bertz CT molecular complexity index is 605. The maximum Gasteiger partial charge on any atom is 0.127 e. The van der Waals surface area contributed by atoms with Crippen LogP contribution in [0.4, 0.5) is 5.69 Å². The number of aromatic hydroxyl groups is 1. The summed E-state index contributed by atoms with van der Waals surface area (Å²) in [5.41, 5.74) is 3.57. The quantitative estimate of drug-likeness (QED) is 0.813. The van der Waals surface area contributed by atoms with E-state index < -0.39 is 0 Å². The van der Waals surface area contributed by atoms with E-state index in [1.807, 2.05) is 50.2 Å². The maximum atomic E-state index is 9.96. The number of hydrogen-bond donors (Lipinski definition) is 1. The molecule has 0 aliphatic rings. The summed E-state index contributed by atoms with van der Waals surface area (Å²) in [4.78, 5) is 4.41. The molecular formula is C15H14BrNO. The Labute approximate surface area is 115 Å². The summed E-state index contributed by atoms with van der Waals surface area (Å²) < 4.78 is 0.934. The molecule has 18 heavy (non-hydrogen) atoms. The molecule has 2 nitrogen and oxygen atoms in total. The van der Waals surface area contributed by atoms with Crippen molar-refractivity contribution in [2.75, 3.05) is 0 Å². The number of aliphatic imine (C=N–C) groups is 1. The van der Waals surface area contributed by atoms with Gasteiger partial charge in [0.15, 0.2) is 0 Å². The Hall–Kier alpha value is -1.61. The molecule has 0 aliphatic heterocycles. The van der Waals surface area contributed by atoms with E-state index in [1.165, 1.54) is 0 Å². The highest BCUT2D eigenvalue weighted by Crippen LogP contribution is 2.26. The number of rotatable bonds is 2. The fraction of sp³-hybridized carbons (Fsp3) is 0.133. The van der Waals surface area contributed by atoms with Gasteiger partial charge in [0.05, 0.1) is 5.69 Å². The zero-order valence-corrected chi connectivity index (χ0v) is 11.9. The number of nitrogens with zero attached hydrogens (tertiary/aromatic N) is 1. The molecule has 92 valence electrons. The van der Waals surface area contributed by atoms with Crippen LogP contribution in [0.1, 0.15) is 16.7 Å². The van der Waals surface area contributed by atoms with Crippen molar-refractivity contribution >= 4 is 27.8 Å². The molecule has 0 bridgehead atoms. The van der Waals surface area contributed by atoms with E-state index >= 15 is 0 Å². The van der Waals surface area contributed by atoms with Gasteiger partial charge in [-0.3, -0.25) is 4.99 Å². The molecule has 0 fully saturated rings. The van der Waals surface area contributed by atoms with E-state index in [-0.39, 0.29) is 5.75 Å². The fourth-order valence-corrected chi connectivity index (χ4v) is 2.30. The van der Waals surface area contributed by atoms with Crippen LogP contribution < -0.4 is 0 Å². The lowest BCUT2D eigenvalue weighted by Crippen LogP contribution is -1.86. The summed E-state index contributed by atoms with van der Waals surface area (Å²) in [6.07, 6.45) is 1.69. The summed E-state index contributed by atoms with van der Waals surface area (Å²) in [5, 5.41) is 9.96. The monoisotopic (exact) mass is 303 g/mol. The SMILES string of the molecule is Cc1ccccc1N=Cc1cc(Br)cc(C)c1O. The molecule has 2 rings (SSSR count). The Morgan fingerprint density at radius 3 is 2.56 bits per heavy atom. The van der Waals surface area contributed by atoms with Crippen LogP contribution in [0.2, 0.25) is 0 Å². The second-order valence-electron chi connectivity index (χ2n) is 4.21. The standard InChI is InChI=1S/C15H14BrNO/c1-10-5-3-4-6-14(10)17-9-12-8-13(16)7-11(2)15(12)18/h3-9,18H,1-2H3. The number of aryl methyl sites for hydroxylation is 2. The molecule has 2 aromatic rings. The van der Waals surface area contributed by atoms with Crippen LogP contribution in [0.25, 0.3) is 0 Å². The third-order valence-electron chi connectivity index (χ3n) is 2.75. The van der Waals surface area contributed by atoms with Crippen LogP contribution in [-0.2, 0) is 0 Å². The lowest BCUT2D eigenvalue weighted by molar-refractivity contribution is 0.470. The van der Waals surface area contributed by atoms with E-state index in [9.17, 15) is 5.11 Å². The molecule has 0 saturated heterocycles. The molecule has 0 aliphatic carbocycles. The minimum atomic E-state index is 0.274. The molecule has 0 aromatic heterocycles. The molecule has 0 amide bonds. The van der Waals surface area contributed by atoms with E-state index in [0.717, 1.165) is 21.3 Å². The topological polar surface area (TPSA) is 32.6 Å². The second kappa shape index (κ2) is 5.36. The predicted molar refractivity (Wildman–Crippen MR) is 79.0 cm³/mol. The first-order valence-electron chi connectivity index (χ1n) is 5.67. The molecular weight excluding hydrogens is 290 g/mol. The van der Waals surface area contributed by atoms with E-state index in [2.05, 4.69) is 20.9 Å². The van der Waals surface area contributed by atoms with Gasteiger partial charge in [0, 0.05) is 16.3 Å². The zero-order valence-electron chi connectivity index (χ0n) is 10.3. The molecule has 0 unspecified atom stereocenters. The minimum Gasteiger partial charge on any atom is -0.507 e. The van der Waals surface area contributed by atoms with Gasteiger partial charge in [-0.2, -0.15) is 0 Å². The van der Waals surface area contributed by atoms with Crippen LogP contribution in [0.15, 0.2) is 45.9 Å². The van der Waals surface area contributed by atoms with Crippen LogP contribution >= 0.6 is 15.9 Å². The van der Waals surface area contributed by atoms with Gasteiger partial charge in [0.1, 0.15) is 5.75 Å². The Morgan fingerprint density at radius 1 is 1.11 bits per heavy atom. The molecule has 0 atom stereocenters. The van der Waals surface area contributed by atoms with Crippen LogP contribution in [0.5, 0.6) is 5.75 Å². The lowest BCUT2D eigenvalue weighted by atomic mass is 10.1. The van der Waals surface area contributed by atoms with Gasteiger partial charge in [-0.1, -0.05) is 34.1 Å². The van der Waals surface area contributed by atoms with Crippen molar-refractivity contribution in [3.8, 4) is 5.75 Å². The summed E-state index contributed by atoms with van der Waals surface area (Å²) >= 11 is 3.42. The molecule has 0 heterocycles. The van der Waals surface area contributed by atoms with Crippen LogP contribution in [-0.4, -0.2) is 11.3 Å². The number of benzene rings is 2. The smallest absolute Gasteiger partial charge is 0.127 e. The first-order valence-corrected chi connectivity index (χ1v) is 6.46. The van der Waals surface area contributed by atoms with Crippen LogP contribution in [0, 0.1) is 13.8 Å². The maximum absolute atomic E-state index is 9.96. The summed E-state index contributed by atoms with van der Waals surface area (Å²) in [5.74, 6) is 0.274. The Morgan fingerprint density at radius 2 is 1.83 bits per heavy atom. The van der Waals surface area contributed by atoms with Crippen molar-refractivity contribution in [3.05, 3.63) is 57.6 Å². The van der Waals surface area contributed by atoms with E-state index in [4.69, 9.17) is 0 Å². The molecule has 1 N–H and O–H groups in total. The van der Waals surface area contributed by atoms with Gasteiger partial charge in [-0.05, 0) is 43.2 Å². The summed E-state index contributed by atoms with van der Waals surface area (Å²) in [6.45, 7) is 3.88. The zero-order chi connectivity index (χ0) is 13.1. The predicted octanol–water partition coefficient (Wildman–Crippen LogP) is 4.52. The number of para-hydroxylation sites is 1. The lowest BCUT2D eigenvalue weighted by Gasteiger charge is -2.04. The molecule has 0 saturated carbocycles. The van der Waals surface area contributed by atoms with Crippen molar-refractivity contribution in [2.24, 2.45) is 4.99 Å². The molecule has 0 radical (unpaired) electrons. The first kappa shape index (κ1) is 12.8. The van der Waals surface area contributed by atoms with E-state index in [0.29, 0.717) is 5.56 Å². The number of phenolic OH excluding ortho intramolecular Hbond substituents is 1. The van der Waals surface area contributed by atoms with Crippen molar-refractivity contribution in [3.63, 3.8) is 0 Å². The Kier molecular flexibility index (Phi) is 3.82. The summed E-state index contributed by atoms with van der Waals surface area (Å²) in [6, 6.07) is 11.6. The average Bonchev–Trinajstić information content (AvgIpc) is 2.33. The largest absolute Gasteiger partial charge is 0.507 e.